The molecule has 18 heavy (non-hydrogen) atoms. The maximum atomic E-state index is 11.8. The fraction of sp³-hybridized carbons (Fsp3) is 0.182. The average molecular weight is 267 g/mol. The van der Waals surface area contributed by atoms with Gasteiger partial charge < -0.3 is 5.11 Å². The first-order chi connectivity index (χ1) is 8.62. The number of rotatable bonds is 5. The lowest BCUT2D eigenvalue weighted by atomic mass is 10.1. The molecule has 0 saturated carbocycles. The van der Waals surface area contributed by atoms with E-state index < -0.39 is 10.0 Å². The van der Waals surface area contributed by atoms with E-state index in [2.05, 4.69) is 14.9 Å². The van der Waals surface area contributed by atoms with Crippen LogP contribution >= 0.6 is 0 Å². The number of sulfonamides is 1. The Morgan fingerprint density at radius 3 is 2.72 bits per heavy atom. The number of hydrogen-bond donors (Lipinski definition) is 3. The van der Waals surface area contributed by atoms with E-state index in [0.29, 0.717) is 0 Å². The van der Waals surface area contributed by atoms with Gasteiger partial charge in [-0.2, -0.15) is 5.10 Å². The molecule has 3 N–H and O–H groups in total. The number of hydrogen-bond acceptors (Lipinski definition) is 4. The summed E-state index contributed by atoms with van der Waals surface area (Å²) in [5, 5.41) is 15.0. The zero-order chi connectivity index (χ0) is 13.0. The summed E-state index contributed by atoms with van der Waals surface area (Å²) in [4.78, 5) is 0. The monoisotopic (exact) mass is 267 g/mol. The third-order valence-corrected chi connectivity index (χ3v) is 3.74. The second-order valence-corrected chi connectivity index (χ2v) is 5.46. The fourth-order valence-corrected chi connectivity index (χ4v) is 2.41. The van der Waals surface area contributed by atoms with Crippen LogP contribution < -0.4 is 4.72 Å². The SMILES string of the molecule is O=S(=O)(NCc1cccc(CO)c1)c1ccn[nH]1. The molecule has 1 heterocycles. The van der Waals surface area contributed by atoms with Crippen LogP contribution in [0.5, 0.6) is 0 Å². The quantitative estimate of drug-likeness (QED) is 0.730. The van der Waals surface area contributed by atoms with Gasteiger partial charge in [-0.1, -0.05) is 24.3 Å². The van der Waals surface area contributed by atoms with Crippen molar-refractivity contribution >= 4 is 10.0 Å². The van der Waals surface area contributed by atoms with Gasteiger partial charge in [0.05, 0.1) is 12.8 Å². The zero-order valence-electron chi connectivity index (χ0n) is 9.50. The Kier molecular flexibility index (Phi) is 3.75. The van der Waals surface area contributed by atoms with Crippen LogP contribution in [-0.4, -0.2) is 23.7 Å². The molecule has 0 bridgehead atoms. The van der Waals surface area contributed by atoms with Crippen molar-refractivity contribution in [3.05, 3.63) is 47.7 Å². The van der Waals surface area contributed by atoms with Crippen molar-refractivity contribution in [3.8, 4) is 0 Å². The molecule has 0 saturated heterocycles. The molecule has 2 aromatic rings. The highest BCUT2D eigenvalue weighted by Gasteiger charge is 2.14. The van der Waals surface area contributed by atoms with E-state index in [4.69, 9.17) is 5.11 Å². The molecule has 0 aliphatic heterocycles. The molecule has 0 spiro atoms. The summed E-state index contributed by atoms with van der Waals surface area (Å²) in [6.07, 6.45) is 1.38. The van der Waals surface area contributed by atoms with Crippen molar-refractivity contribution in [1.82, 2.24) is 14.9 Å². The van der Waals surface area contributed by atoms with Gasteiger partial charge in [-0.25, -0.2) is 13.1 Å². The van der Waals surface area contributed by atoms with Crippen molar-refractivity contribution in [3.63, 3.8) is 0 Å². The first-order valence-electron chi connectivity index (χ1n) is 5.29. The maximum absolute atomic E-state index is 11.8. The van der Waals surface area contributed by atoms with E-state index in [0.717, 1.165) is 11.1 Å². The van der Waals surface area contributed by atoms with Crippen molar-refractivity contribution in [2.24, 2.45) is 0 Å². The smallest absolute Gasteiger partial charge is 0.257 e. The summed E-state index contributed by atoms with van der Waals surface area (Å²) in [5.41, 5.74) is 1.53. The van der Waals surface area contributed by atoms with Crippen LogP contribution in [0.3, 0.4) is 0 Å². The number of aliphatic hydroxyl groups is 1. The Hall–Kier alpha value is -1.70. The molecule has 0 aliphatic rings. The first-order valence-corrected chi connectivity index (χ1v) is 6.78. The van der Waals surface area contributed by atoms with Crippen LogP contribution in [0.4, 0.5) is 0 Å². The minimum Gasteiger partial charge on any atom is -0.392 e. The molecule has 1 aromatic heterocycles. The molecule has 6 nitrogen and oxygen atoms in total. The minimum absolute atomic E-state index is 0.0285. The molecule has 0 amide bonds. The fourth-order valence-electron chi connectivity index (χ4n) is 1.49. The van der Waals surface area contributed by atoms with E-state index in [1.54, 1.807) is 24.3 Å². The van der Waals surface area contributed by atoms with Gasteiger partial charge in [-0.3, -0.25) is 5.10 Å². The van der Waals surface area contributed by atoms with Gasteiger partial charge in [-0.05, 0) is 17.2 Å². The highest BCUT2D eigenvalue weighted by molar-refractivity contribution is 7.89. The summed E-state index contributed by atoms with van der Waals surface area (Å²) in [6, 6.07) is 8.45. The maximum Gasteiger partial charge on any atom is 0.257 e. The van der Waals surface area contributed by atoms with E-state index in [9.17, 15) is 8.42 Å². The van der Waals surface area contributed by atoms with E-state index in [1.165, 1.54) is 12.3 Å². The highest BCUT2D eigenvalue weighted by atomic mass is 32.2. The van der Waals surface area contributed by atoms with Crippen LogP contribution in [0.25, 0.3) is 0 Å². The van der Waals surface area contributed by atoms with Crippen LogP contribution in [-0.2, 0) is 23.2 Å². The summed E-state index contributed by atoms with van der Waals surface area (Å²) in [7, 11) is -3.57. The van der Waals surface area contributed by atoms with Crippen LogP contribution in [0.1, 0.15) is 11.1 Å². The molecule has 2 rings (SSSR count). The number of nitrogens with zero attached hydrogens (tertiary/aromatic N) is 1. The molecular weight excluding hydrogens is 254 g/mol. The average Bonchev–Trinajstić information content (AvgIpc) is 2.91. The molecule has 0 aliphatic carbocycles. The van der Waals surface area contributed by atoms with Gasteiger partial charge in [-0.15, -0.1) is 0 Å². The summed E-state index contributed by atoms with van der Waals surface area (Å²) in [6.45, 7) is 0.0936. The lowest BCUT2D eigenvalue weighted by Gasteiger charge is -2.06. The highest BCUT2D eigenvalue weighted by Crippen LogP contribution is 2.07. The number of aromatic amines is 1. The molecule has 0 fully saturated rings. The predicted molar refractivity (Wildman–Crippen MR) is 65.0 cm³/mol. The van der Waals surface area contributed by atoms with E-state index in [-0.39, 0.29) is 18.2 Å². The van der Waals surface area contributed by atoms with Gasteiger partial charge >= 0.3 is 0 Å². The number of benzene rings is 1. The predicted octanol–water partition coefficient (Wildman–Crippen LogP) is 0.381. The van der Waals surface area contributed by atoms with Gasteiger partial charge in [0.15, 0.2) is 5.03 Å². The third-order valence-electron chi connectivity index (χ3n) is 2.40. The van der Waals surface area contributed by atoms with Crippen molar-refractivity contribution in [2.45, 2.75) is 18.2 Å². The van der Waals surface area contributed by atoms with Crippen molar-refractivity contribution < 1.29 is 13.5 Å². The van der Waals surface area contributed by atoms with E-state index >= 15 is 0 Å². The molecular formula is C11H13N3O3S. The second kappa shape index (κ2) is 5.30. The van der Waals surface area contributed by atoms with E-state index in [1.807, 2.05) is 0 Å². The van der Waals surface area contributed by atoms with Gasteiger partial charge in [0.25, 0.3) is 10.0 Å². The third kappa shape index (κ3) is 2.95. The van der Waals surface area contributed by atoms with Crippen molar-refractivity contribution in [2.75, 3.05) is 0 Å². The normalized spacial score (nSPS) is 11.6. The standard InChI is InChI=1S/C11H13N3O3S/c15-8-10-3-1-2-9(6-10)7-13-18(16,17)11-4-5-12-14-11/h1-6,13,15H,7-8H2,(H,12,14). The molecule has 96 valence electrons. The Bertz CT molecular complexity index is 608. The molecule has 0 radical (unpaired) electrons. The zero-order valence-corrected chi connectivity index (χ0v) is 10.3. The van der Waals surface area contributed by atoms with Gasteiger partial charge in [0.2, 0.25) is 0 Å². The van der Waals surface area contributed by atoms with Crippen LogP contribution in [0, 0.1) is 0 Å². The van der Waals surface area contributed by atoms with Crippen LogP contribution in [0.15, 0.2) is 41.6 Å². The summed E-state index contributed by atoms with van der Waals surface area (Å²) < 4.78 is 26.0. The number of nitrogens with one attached hydrogen (secondary N) is 2. The topological polar surface area (TPSA) is 95.1 Å². The summed E-state index contributed by atoms with van der Waals surface area (Å²) in [5.74, 6) is 0. The number of H-pyrrole nitrogens is 1. The molecule has 7 heteroatoms. The largest absolute Gasteiger partial charge is 0.392 e. The molecule has 0 atom stereocenters. The minimum atomic E-state index is -3.57. The first kappa shape index (κ1) is 12.7. The summed E-state index contributed by atoms with van der Waals surface area (Å²) >= 11 is 0. The Balaban J connectivity index is 2.07. The Morgan fingerprint density at radius 1 is 1.28 bits per heavy atom. The lowest BCUT2D eigenvalue weighted by Crippen LogP contribution is -2.23. The number of aromatic nitrogens is 2. The number of aliphatic hydroxyl groups excluding tert-OH is 1. The van der Waals surface area contributed by atoms with Gasteiger partial charge in [0, 0.05) is 6.54 Å². The Morgan fingerprint density at radius 2 is 2.06 bits per heavy atom. The Labute approximate surface area is 105 Å². The molecule has 1 aromatic carbocycles. The van der Waals surface area contributed by atoms with Gasteiger partial charge in [0.1, 0.15) is 0 Å². The second-order valence-electron chi connectivity index (χ2n) is 3.72. The lowest BCUT2D eigenvalue weighted by molar-refractivity contribution is 0.281. The molecule has 0 unspecified atom stereocenters. The van der Waals surface area contributed by atoms with Crippen molar-refractivity contribution in [1.29, 1.82) is 0 Å². The van der Waals surface area contributed by atoms with Crippen LogP contribution in [0.2, 0.25) is 0 Å².